The molecule has 1 aromatic carbocycles. The van der Waals surface area contributed by atoms with E-state index in [1.807, 2.05) is 25.1 Å². The molecule has 25 heavy (non-hydrogen) atoms. The quantitative estimate of drug-likeness (QED) is 0.803. The van der Waals surface area contributed by atoms with Crippen molar-refractivity contribution in [1.29, 1.82) is 0 Å². The molecule has 0 aliphatic heterocycles. The first-order valence-corrected chi connectivity index (χ1v) is 8.97. The maximum atomic E-state index is 12.6. The van der Waals surface area contributed by atoms with Crippen LogP contribution in [0.4, 0.5) is 0 Å². The van der Waals surface area contributed by atoms with Crippen LogP contribution in [0.5, 0.6) is 5.75 Å². The van der Waals surface area contributed by atoms with Crippen LogP contribution in [0.1, 0.15) is 50.2 Å². The van der Waals surface area contributed by atoms with Gasteiger partial charge in [-0.1, -0.05) is 19.4 Å². The molecule has 0 atom stereocenters. The maximum Gasteiger partial charge on any atom is 0.331 e. The molecule has 1 aliphatic rings. The van der Waals surface area contributed by atoms with Gasteiger partial charge in [0.25, 0.3) is 0 Å². The highest BCUT2D eigenvalue weighted by Crippen LogP contribution is 2.34. The minimum atomic E-state index is -0.877. The number of benzene rings is 1. The molecule has 0 saturated heterocycles. The number of hydrogen-bond donors (Lipinski definition) is 1. The van der Waals surface area contributed by atoms with Gasteiger partial charge < -0.3 is 14.8 Å². The maximum absolute atomic E-state index is 12.6. The highest BCUT2D eigenvalue weighted by molar-refractivity contribution is 5.89. The summed E-state index contributed by atoms with van der Waals surface area (Å²) in [6.07, 6.45) is 4.51. The number of esters is 1. The normalized spacial score (nSPS) is 23.0. The van der Waals surface area contributed by atoms with Crippen molar-refractivity contribution in [3.63, 3.8) is 0 Å². The van der Waals surface area contributed by atoms with E-state index in [0.29, 0.717) is 18.8 Å². The minimum Gasteiger partial charge on any atom is -0.497 e. The lowest BCUT2D eigenvalue weighted by Gasteiger charge is -2.38. The highest BCUT2D eigenvalue weighted by Gasteiger charge is 2.43. The topological polar surface area (TPSA) is 64.6 Å². The van der Waals surface area contributed by atoms with Gasteiger partial charge in [-0.3, -0.25) is 4.79 Å². The Morgan fingerprint density at radius 3 is 2.44 bits per heavy atom. The highest BCUT2D eigenvalue weighted by atomic mass is 16.5. The second-order valence-corrected chi connectivity index (χ2v) is 6.94. The molecule has 0 spiro atoms. The molecule has 1 aliphatic carbocycles. The SMILES string of the molecule is CCC1CCC(NC(=O)Cc2ccc(OC)cc2C)(C(=O)OC)CC1. The molecule has 0 bridgehead atoms. The molecule has 1 aromatic rings. The Bertz CT molecular complexity index is 618. The average Bonchev–Trinajstić information content (AvgIpc) is 2.63. The van der Waals surface area contributed by atoms with E-state index in [1.165, 1.54) is 7.11 Å². The fourth-order valence-corrected chi connectivity index (χ4v) is 3.63. The van der Waals surface area contributed by atoms with Crippen LogP contribution in [-0.4, -0.2) is 31.6 Å². The monoisotopic (exact) mass is 347 g/mol. The Morgan fingerprint density at radius 1 is 1.24 bits per heavy atom. The number of amides is 1. The molecule has 2 rings (SSSR count). The van der Waals surface area contributed by atoms with E-state index in [-0.39, 0.29) is 18.3 Å². The van der Waals surface area contributed by atoms with Crippen molar-refractivity contribution in [1.82, 2.24) is 5.32 Å². The summed E-state index contributed by atoms with van der Waals surface area (Å²) in [4.78, 5) is 25.0. The van der Waals surface area contributed by atoms with Gasteiger partial charge >= 0.3 is 5.97 Å². The Kier molecular flexibility index (Phi) is 6.45. The first-order valence-electron chi connectivity index (χ1n) is 8.97. The summed E-state index contributed by atoms with van der Waals surface area (Å²) in [5.74, 6) is 0.916. The Balaban J connectivity index is 2.08. The van der Waals surface area contributed by atoms with Crippen molar-refractivity contribution in [2.75, 3.05) is 14.2 Å². The van der Waals surface area contributed by atoms with E-state index in [0.717, 1.165) is 36.1 Å². The Morgan fingerprint density at radius 2 is 1.92 bits per heavy atom. The molecular formula is C20H29NO4. The summed E-state index contributed by atoms with van der Waals surface area (Å²) in [5, 5.41) is 2.99. The predicted molar refractivity (Wildman–Crippen MR) is 96.6 cm³/mol. The number of carbonyl (C=O) groups is 2. The van der Waals surface area contributed by atoms with Gasteiger partial charge in [-0.25, -0.2) is 4.79 Å². The third-order valence-corrected chi connectivity index (χ3v) is 5.39. The van der Waals surface area contributed by atoms with Crippen LogP contribution in [0.3, 0.4) is 0 Å². The number of ether oxygens (including phenoxy) is 2. The molecule has 1 amide bonds. The molecular weight excluding hydrogens is 318 g/mol. The van der Waals surface area contributed by atoms with Crippen molar-refractivity contribution in [2.24, 2.45) is 5.92 Å². The van der Waals surface area contributed by atoms with E-state index in [2.05, 4.69) is 12.2 Å². The first kappa shape index (κ1) is 19.3. The number of nitrogens with one attached hydrogen (secondary N) is 1. The lowest BCUT2D eigenvalue weighted by molar-refractivity contribution is -0.153. The fourth-order valence-electron chi connectivity index (χ4n) is 3.63. The fraction of sp³-hybridized carbons (Fsp3) is 0.600. The molecule has 138 valence electrons. The summed E-state index contributed by atoms with van der Waals surface area (Å²) >= 11 is 0. The van der Waals surface area contributed by atoms with E-state index in [9.17, 15) is 9.59 Å². The predicted octanol–water partition coefficient (Wildman–Crippen LogP) is 3.17. The molecule has 0 unspecified atom stereocenters. The number of hydrogen-bond acceptors (Lipinski definition) is 4. The van der Waals surface area contributed by atoms with Gasteiger partial charge in [-0.05, 0) is 61.8 Å². The summed E-state index contributed by atoms with van der Waals surface area (Å²) < 4.78 is 10.2. The zero-order valence-corrected chi connectivity index (χ0v) is 15.7. The van der Waals surface area contributed by atoms with Crippen LogP contribution in [0.2, 0.25) is 0 Å². The summed E-state index contributed by atoms with van der Waals surface area (Å²) in [7, 11) is 3.00. The molecule has 1 N–H and O–H groups in total. The van der Waals surface area contributed by atoms with Gasteiger partial charge in [0, 0.05) is 0 Å². The largest absolute Gasteiger partial charge is 0.497 e. The van der Waals surface area contributed by atoms with Gasteiger partial charge in [0.15, 0.2) is 0 Å². The van der Waals surface area contributed by atoms with E-state index < -0.39 is 5.54 Å². The molecule has 1 fully saturated rings. The lowest BCUT2D eigenvalue weighted by Crippen LogP contribution is -2.57. The summed E-state index contributed by atoms with van der Waals surface area (Å²) in [6.45, 7) is 4.12. The van der Waals surface area contributed by atoms with Crippen LogP contribution < -0.4 is 10.1 Å². The van der Waals surface area contributed by atoms with Crippen LogP contribution in [0.15, 0.2) is 18.2 Å². The smallest absolute Gasteiger partial charge is 0.331 e. The number of aryl methyl sites for hydroxylation is 1. The van der Waals surface area contributed by atoms with Crippen molar-refractivity contribution in [3.05, 3.63) is 29.3 Å². The first-order chi connectivity index (χ1) is 11.9. The summed E-state index contributed by atoms with van der Waals surface area (Å²) in [6, 6.07) is 5.65. The van der Waals surface area contributed by atoms with Crippen molar-refractivity contribution >= 4 is 11.9 Å². The third kappa shape index (κ3) is 4.53. The van der Waals surface area contributed by atoms with Gasteiger partial charge in [0.05, 0.1) is 20.6 Å². The molecule has 0 heterocycles. The van der Waals surface area contributed by atoms with E-state index >= 15 is 0 Å². The molecule has 0 aromatic heterocycles. The number of methoxy groups -OCH3 is 2. The number of carbonyl (C=O) groups excluding carboxylic acids is 2. The number of rotatable bonds is 6. The average molecular weight is 347 g/mol. The van der Waals surface area contributed by atoms with Crippen LogP contribution >= 0.6 is 0 Å². The molecule has 5 heteroatoms. The second-order valence-electron chi connectivity index (χ2n) is 6.94. The Hall–Kier alpha value is -2.04. The van der Waals surface area contributed by atoms with Crippen molar-refractivity contribution in [3.8, 4) is 5.75 Å². The summed E-state index contributed by atoms with van der Waals surface area (Å²) in [5.41, 5.74) is 1.05. The second kappa shape index (κ2) is 8.37. The molecule has 5 nitrogen and oxygen atoms in total. The van der Waals surface area contributed by atoms with Gasteiger partial charge in [0.1, 0.15) is 11.3 Å². The van der Waals surface area contributed by atoms with E-state index in [1.54, 1.807) is 7.11 Å². The van der Waals surface area contributed by atoms with Gasteiger partial charge in [0.2, 0.25) is 5.91 Å². The van der Waals surface area contributed by atoms with Crippen molar-refractivity contribution < 1.29 is 19.1 Å². The Labute approximate surface area is 150 Å². The van der Waals surface area contributed by atoms with E-state index in [4.69, 9.17) is 9.47 Å². The van der Waals surface area contributed by atoms with Crippen LogP contribution in [0.25, 0.3) is 0 Å². The van der Waals surface area contributed by atoms with Crippen LogP contribution in [-0.2, 0) is 20.7 Å². The minimum absolute atomic E-state index is 0.145. The zero-order chi connectivity index (χ0) is 18.4. The molecule has 0 radical (unpaired) electrons. The third-order valence-electron chi connectivity index (χ3n) is 5.39. The molecule has 1 saturated carbocycles. The van der Waals surface area contributed by atoms with Gasteiger partial charge in [-0.2, -0.15) is 0 Å². The van der Waals surface area contributed by atoms with Crippen molar-refractivity contribution in [2.45, 2.75) is 57.9 Å². The lowest BCUT2D eigenvalue weighted by atomic mass is 9.75. The van der Waals surface area contributed by atoms with Crippen LogP contribution in [0, 0.1) is 12.8 Å². The zero-order valence-electron chi connectivity index (χ0n) is 15.7. The van der Waals surface area contributed by atoms with Gasteiger partial charge in [-0.15, -0.1) is 0 Å². The standard InChI is InChI=1S/C20H29NO4/c1-5-15-8-10-20(11-9-15,19(23)25-4)21-18(22)13-16-6-7-17(24-3)12-14(16)2/h6-7,12,15H,5,8-11,13H2,1-4H3,(H,21,22).